The van der Waals surface area contributed by atoms with Gasteiger partial charge in [-0.15, -0.1) is 6.58 Å². The Morgan fingerprint density at radius 3 is 2.79 bits per heavy atom. The van der Waals surface area contributed by atoms with Gasteiger partial charge in [0.2, 0.25) is 10.0 Å². The largest absolute Gasteiger partial charge is 0.329 e. The van der Waals surface area contributed by atoms with Crippen molar-refractivity contribution in [1.82, 2.24) is 4.31 Å². The molecule has 1 heterocycles. The highest BCUT2D eigenvalue weighted by Gasteiger charge is 2.30. The minimum Gasteiger partial charge on any atom is -0.329 e. The molecule has 1 fully saturated rings. The van der Waals surface area contributed by atoms with Crippen LogP contribution in [0.2, 0.25) is 0 Å². The SMILES string of the molecule is C=CCS(=O)(=O)N1CCCCC1CN. The molecule has 5 heteroatoms. The van der Waals surface area contributed by atoms with Crippen molar-refractivity contribution in [2.45, 2.75) is 25.3 Å². The van der Waals surface area contributed by atoms with E-state index in [0.717, 1.165) is 19.3 Å². The second-order valence-electron chi connectivity index (χ2n) is 3.56. The van der Waals surface area contributed by atoms with Gasteiger partial charge in [0.05, 0.1) is 5.75 Å². The molecule has 82 valence electrons. The maximum absolute atomic E-state index is 11.8. The third-order valence-electron chi connectivity index (χ3n) is 2.53. The summed E-state index contributed by atoms with van der Waals surface area (Å²) in [7, 11) is -3.16. The van der Waals surface area contributed by atoms with E-state index in [9.17, 15) is 8.42 Å². The monoisotopic (exact) mass is 218 g/mol. The van der Waals surface area contributed by atoms with E-state index in [1.807, 2.05) is 0 Å². The molecule has 1 aliphatic rings. The average Bonchev–Trinajstić information content (AvgIpc) is 2.18. The Bertz CT molecular complexity index is 287. The first kappa shape index (κ1) is 11.7. The summed E-state index contributed by atoms with van der Waals surface area (Å²) in [6.07, 6.45) is 4.32. The number of nitrogens with zero attached hydrogens (tertiary/aromatic N) is 1. The number of hydrogen-bond donors (Lipinski definition) is 1. The first-order valence-electron chi connectivity index (χ1n) is 4.92. The summed E-state index contributed by atoms with van der Waals surface area (Å²) in [5, 5.41) is 0. The van der Waals surface area contributed by atoms with Crippen molar-refractivity contribution in [3.05, 3.63) is 12.7 Å². The molecule has 0 spiro atoms. The number of nitrogens with two attached hydrogens (primary N) is 1. The van der Waals surface area contributed by atoms with Crippen LogP contribution in [-0.2, 0) is 10.0 Å². The molecule has 0 aromatic rings. The van der Waals surface area contributed by atoms with Crippen molar-refractivity contribution in [2.75, 3.05) is 18.8 Å². The molecular weight excluding hydrogens is 200 g/mol. The van der Waals surface area contributed by atoms with E-state index >= 15 is 0 Å². The van der Waals surface area contributed by atoms with Crippen LogP contribution in [0.1, 0.15) is 19.3 Å². The van der Waals surface area contributed by atoms with Gasteiger partial charge in [0.25, 0.3) is 0 Å². The smallest absolute Gasteiger partial charge is 0.217 e. The Labute approximate surface area is 85.8 Å². The van der Waals surface area contributed by atoms with Gasteiger partial charge < -0.3 is 5.73 Å². The van der Waals surface area contributed by atoms with E-state index in [4.69, 9.17) is 5.73 Å². The molecule has 2 N–H and O–H groups in total. The van der Waals surface area contributed by atoms with Crippen molar-refractivity contribution in [2.24, 2.45) is 5.73 Å². The van der Waals surface area contributed by atoms with Gasteiger partial charge in [-0.05, 0) is 12.8 Å². The van der Waals surface area contributed by atoms with Crippen LogP contribution >= 0.6 is 0 Å². The zero-order valence-electron chi connectivity index (χ0n) is 8.35. The number of piperidine rings is 1. The van der Waals surface area contributed by atoms with Crippen molar-refractivity contribution >= 4 is 10.0 Å². The lowest BCUT2D eigenvalue weighted by Gasteiger charge is -2.33. The van der Waals surface area contributed by atoms with Gasteiger partial charge in [-0.25, -0.2) is 8.42 Å². The standard InChI is InChI=1S/C9H18N2O2S/c1-2-7-14(12,13)11-6-4-3-5-9(11)8-10/h2,9H,1,3-8,10H2. The topological polar surface area (TPSA) is 63.4 Å². The second-order valence-corrected chi connectivity index (χ2v) is 5.53. The Balaban J connectivity index is 2.77. The third kappa shape index (κ3) is 2.56. The summed E-state index contributed by atoms with van der Waals surface area (Å²) in [4.78, 5) is 0. The molecule has 1 aliphatic heterocycles. The minimum atomic E-state index is -3.16. The molecule has 0 aromatic carbocycles. The fourth-order valence-corrected chi connectivity index (χ4v) is 3.36. The number of sulfonamides is 1. The van der Waals surface area contributed by atoms with Gasteiger partial charge in [-0.3, -0.25) is 0 Å². The molecular formula is C9H18N2O2S. The second kappa shape index (κ2) is 4.91. The minimum absolute atomic E-state index is 0.00583. The molecule has 1 unspecified atom stereocenters. The summed E-state index contributed by atoms with van der Waals surface area (Å²) in [6.45, 7) is 4.48. The zero-order valence-corrected chi connectivity index (χ0v) is 9.17. The highest BCUT2D eigenvalue weighted by Crippen LogP contribution is 2.19. The zero-order chi connectivity index (χ0) is 10.6. The summed E-state index contributed by atoms with van der Waals surface area (Å²) >= 11 is 0. The molecule has 0 radical (unpaired) electrons. The molecule has 1 rings (SSSR count). The molecule has 0 aliphatic carbocycles. The summed E-state index contributed by atoms with van der Waals surface area (Å²) < 4.78 is 25.0. The maximum Gasteiger partial charge on any atom is 0.217 e. The molecule has 0 amide bonds. The van der Waals surface area contributed by atoms with Gasteiger partial charge in [-0.1, -0.05) is 12.5 Å². The molecule has 0 bridgehead atoms. The molecule has 1 atom stereocenters. The Kier molecular flexibility index (Phi) is 4.10. The first-order valence-corrected chi connectivity index (χ1v) is 6.53. The maximum atomic E-state index is 11.8. The summed E-state index contributed by atoms with van der Waals surface area (Å²) in [6, 6.07) is -0.00583. The lowest BCUT2D eigenvalue weighted by atomic mass is 10.1. The quantitative estimate of drug-likeness (QED) is 0.691. The van der Waals surface area contributed by atoms with Crippen molar-refractivity contribution in [1.29, 1.82) is 0 Å². The predicted octanol–water partition coefficient (Wildman–Crippen LogP) is 0.315. The molecule has 1 saturated heterocycles. The van der Waals surface area contributed by atoms with Crippen LogP contribution in [0.5, 0.6) is 0 Å². The van der Waals surface area contributed by atoms with Crippen molar-refractivity contribution in [3.63, 3.8) is 0 Å². The third-order valence-corrected chi connectivity index (χ3v) is 4.38. The normalized spacial score (nSPS) is 24.8. The fourth-order valence-electron chi connectivity index (χ4n) is 1.82. The molecule has 4 nitrogen and oxygen atoms in total. The van der Waals surface area contributed by atoms with Gasteiger partial charge in [0, 0.05) is 19.1 Å². The van der Waals surface area contributed by atoms with E-state index in [0.29, 0.717) is 13.1 Å². The number of rotatable bonds is 4. The van der Waals surface area contributed by atoms with Gasteiger partial charge in [0.1, 0.15) is 0 Å². The van der Waals surface area contributed by atoms with Gasteiger partial charge in [0.15, 0.2) is 0 Å². The van der Waals surface area contributed by atoms with Crippen LogP contribution in [0.3, 0.4) is 0 Å². The van der Waals surface area contributed by atoms with Crippen LogP contribution in [-0.4, -0.2) is 37.6 Å². The van der Waals surface area contributed by atoms with E-state index in [2.05, 4.69) is 6.58 Å². The molecule has 14 heavy (non-hydrogen) atoms. The van der Waals surface area contributed by atoms with E-state index in [-0.39, 0.29) is 11.8 Å². The molecule has 0 saturated carbocycles. The average molecular weight is 218 g/mol. The summed E-state index contributed by atoms with van der Waals surface area (Å²) in [5.41, 5.74) is 5.55. The molecule has 0 aromatic heterocycles. The van der Waals surface area contributed by atoms with Crippen LogP contribution in [0.4, 0.5) is 0 Å². The van der Waals surface area contributed by atoms with Gasteiger partial charge >= 0.3 is 0 Å². The lowest BCUT2D eigenvalue weighted by molar-refractivity contribution is 0.258. The highest BCUT2D eigenvalue weighted by atomic mass is 32.2. The number of hydrogen-bond acceptors (Lipinski definition) is 3. The first-order chi connectivity index (χ1) is 6.61. The van der Waals surface area contributed by atoms with Gasteiger partial charge in [-0.2, -0.15) is 4.31 Å². The van der Waals surface area contributed by atoms with E-state index in [1.165, 1.54) is 10.4 Å². The van der Waals surface area contributed by atoms with Crippen LogP contribution in [0.15, 0.2) is 12.7 Å². The Morgan fingerprint density at radius 2 is 2.21 bits per heavy atom. The summed E-state index contributed by atoms with van der Waals surface area (Å²) in [5.74, 6) is 0.0174. The fraction of sp³-hybridized carbons (Fsp3) is 0.778. The van der Waals surface area contributed by atoms with Crippen LogP contribution in [0, 0.1) is 0 Å². The van der Waals surface area contributed by atoms with Crippen molar-refractivity contribution in [3.8, 4) is 0 Å². The Hall–Kier alpha value is -0.390. The van der Waals surface area contributed by atoms with E-state index in [1.54, 1.807) is 0 Å². The van der Waals surface area contributed by atoms with Crippen LogP contribution < -0.4 is 5.73 Å². The Morgan fingerprint density at radius 1 is 1.50 bits per heavy atom. The lowest BCUT2D eigenvalue weighted by Crippen LogP contribution is -2.47. The highest BCUT2D eigenvalue weighted by molar-refractivity contribution is 7.89. The van der Waals surface area contributed by atoms with E-state index < -0.39 is 10.0 Å². The van der Waals surface area contributed by atoms with Crippen LogP contribution in [0.25, 0.3) is 0 Å². The predicted molar refractivity (Wildman–Crippen MR) is 57.4 cm³/mol. The van der Waals surface area contributed by atoms with Crippen molar-refractivity contribution < 1.29 is 8.42 Å².